The van der Waals surface area contributed by atoms with Crippen molar-refractivity contribution in [3.05, 3.63) is 59.7 Å². The summed E-state index contributed by atoms with van der Waals surface area (Å²) in [7, 11) is 3.16. The van der Waals surface area contributed by atoms with E-state index in [-0.39, 0.29) is 18.4 Å². The normalized spacial score (nSPS) is 13.0. The Bertz CT molecular complexity index is 877. The quantitative estimate of drug-likeness (QED) is 0.645. The number of alkyl carbamates (subject to hydrolysis) is 1. The second-order valence-electron chi connectivity index (χ2n) is 8.21. The van der Waals surface area contributed by atoms with E-state index in [1.54, 1.807) is 47.1 Å². The summed E-state index contributed by atoms with van der Waals surface area (Å²) < 4.78 is 16.1. The minimum Gasteiger partial charge on any atom is -0.497 e. The first-order valence-corrected chi connectivity index (χ1v) is 10.2. The lowest BCUT2D eigenvalue weighted by Crippen LogP contribution is -2.37. The molecule has 2 aromatic carbocycles. The van der Waals surface area contributed by atoms with E-state index >= 15 is 0 Å². The van der Waals surface area contributed by atoms with Crippen LogP contribution < -0.4 is 20.1 Å². The summed E-state index contributed by atoms with van der Waals surface area (Å²) in [6, 6.07) is 13.9. The molecular formula is C24H32N2O5. The number of carbonyl (C=O) groups is 2. The molecule has 7 nitrogen and oxygen atoms in total. The number of rotatable bonds is 8. The molecule has 0 aliphatic heterocycles. The van der Waals surface area contributed by atoms with Gasteiger partial charge in [0.15, 0.2) is 0 Å². The summed E-state index contributed by atoms with van der Waals surface area (Å²) in [5, 5.41) is 5.79. The van der Waals surface area contributed by atoms with Crippen LogP contribution in [0.3, 0.4) is 0 Å². The number of hydrogen-bond acceptors (Lipinski definition) is 5. The first kappa shape index (κ1) is 24.1. The van der Waals surface area contributed by atoms with E-state index in [1.807, 2.05) is 43.3 Å². The number of amides is 2. The predicted octanol–water partition coefficient (Wildman–Crippen LogP) is 4.54. The van der Waals surface area contributed by atoms with Crippen molar-refractivity contribution in [2.24, 2.45) is 0 Å². The van der Waals surface area contributed by atoms with E-state index < -0.39 is 17.7 Å². The van der Waals surface area contributed by atoms with Gasteiger partial charge in [-0.3, -0.25) is 4.79 Å². The van der Waals surface area contributed by atoms with Gasteiger partial charge < -0.3 is 24.8 Å². The molecule has 0 aromatic heterocycles. The van der Waals surface area contributed by atoms with Crippen LogP contribution in [0, 0.1) is 0 Å². The fraction of sp³-hybridized carbons (Fsp3) is 0.417. The average Bonchev–Trinajstić information content (AvgIpc) is 2.71. The second kappa shape index (κ2) is 10.7. The van der Waals surface area contributed by atoms with Crippen molar-refractivity contribution in [3.8, 4) is 11.5 Å². The molecule has 31 heavy (non-hydrogen) atoms. The lowest BCUT2D eigenvalue weighted by Gasteiger charge is -2.24. The van der Waals surface area contributed by atoms with Crippen molar-refractivity contribution in [2.45, 2.75) is 51.8 Å². The molecule has 0 saturated heterocycles. The van der Waals surface area contributed by atoms with Crippen LogP contribution in [0.25, 0.3) is 0 Å². The van der Waals surface area contributed by atoms with Crippen LogP contribution in [0.4, 0.5) is 4.79 Å². The van der Waals surface area contributed by atoms with Crippen LogP contribution in [0.5, 0.6) is 11.5 Å². The third-order valence-corrected chi connectivity index (χ3v) is 4.56. The molecule has 0 spiro atoms. The van der Waals surface area contributed by atoms with E-state index in [0.717, 1.165) is 11.1 Å². The van der Waals surface area contributed by atoms with Crippen molar-refractivity contribution in [1.29, 1.82) is 0 Å². The zero-order valence-corrected chi connectivity index (χ0v) is 19.0. The largest absolute Gasteiger partial charge is 0.497 e. The molecule has 2 atom stereocenters. The Balaban J connectivity index is 2.14. The van der Waals surface area contributed by atoms with Gasteiger partial charge in [0.2, 0.25) is 5.91 Å². The molecule has 7 heteroatoms. The number of ether oxygens (including phenoxy) is 3. The maximum Gasteiger partial charge on any atom is 0.408 e. The van der Waals surface area contributed by atoms with Gasteiger partial charge in [0.1, 0.15) is 17.1 Å². The number of nitrogens with one attached hydrogen (secondary N) is 2. The third-order valence-electron chi connectivity index (χ3n) is 4.56. The maximum absolute atomic E-state index is 12.9. The predicted molar refractivity (Wildman–Crippen MR) is 119 cm³/mol. The lowest BCUT2D eigenvalue weighted by atomic mass is 10.0. The van der Waals surface area contributed by atoms with E-state index in [2.05, 4.69) is 10.6 Å². The topological polar surface area (TPSA) is 85.9 Å². The zero-order chi connectivity index (χ0) is 23.0. The van der Waals surface area contributed by atoms with Crippen LogP contribution in [-0.2, 0) is 9.53 Å². The van der Waals surface area contributed by atoms with Gasteiger partial charge in [0.25, 0.3) is 0 Å². The molecule has 2 amide bonds. The molecule has 0 unspecified atom stereocenters. The third kappa shape index (κ3) is 7.51. The highest BCUT2D eigenvalue weighted by Gasteiger charge is 2.24. The summed E-state index contributed by atoms with van der Waals surface area (Å²) in [4.78, 5) is 25.2. The monoisotopic (exact) mass is 428 g/mol. The molecule has 0 fully saturated rings. The van der Waals surface area contributed by atoms with E-state index in [0.29, 0.717) is 11.5 Å². The van der Waals surface area contributed by atoms with Crippen LogP contribution >= 0.6 is 0 Å². The highest BCUT2D eigenvalue weighted by Crippen LogP contribution is 2.29. The minimum atomic E-state index is -0.634. The lowest BCUT2D eigenvalue weighted by molar-refractivity contribution is -0.122. The van der Waals surface area contributed by atoms with E-state index in [9.17, 15) is 9.59 Å². The molecule has 0 aliphatic carbocycles. The Kier molecular flexibility index (Phi) is 8.30. The van der Waals surface area contributed by atoms with Crippen LogP contribution in [-0.4, -0.2) is 31.8 Å². The van der Waals surface area contributed by atoms with E-state index in [4.69, 9.17) is 14.2 Å². The Labute approximate surface area is 184 Å². The molecule has 2 aromatic rings. The molecule has 0 saturated carbocycles. The smallest absolute Gasteiger partial charge is 0.408 e. The van der Waals surface area contributed by atoms with Gasteiger partial charge in [-0.25, -0.2) is 4.79 Å². The summed E-state index contributed by atoms with van der Waals surface area (Å²) >= 11 is 0. The number of hydrogen-bond donors (Lipinski definition) is 2. The number of carbonyl (C=O) groups excluding carboxylic acids is 2. The maximum atomic E-state index is 12.9. The summed E-state index contributed by atoms with van der Waals surface area (Å²) in [5.41, 5.74) is 0.979. The highest BCUT2D eigenvalue weighted by molar-refractivity contribution is 5.78. The van der Waals surface area contributed by atoms with Gasteiger partial charge in [-0.15, -0.1) is 0 Å². The summed E-state index contributed by atoms with van der Waals surface area (Å²) in [6.45, 7) is 7.24. The first-order valence-electron chi connectivity index (χ1n) is 10.2. The highest BCUT2D eigenvalue weighted by atomic mass is 16.6. The Morgan fingerprint density at radius 2 is 1.65 bits per heavy atom. The van der Waals surface area contributed by atoms with Gasteiger partial charge in [-0.1, -0.05) is 30.3 Å². The zero-order valence-electron chi connectivity index (χ0n) is 19.0. The molecule has 0 heterocycles. The molecule has 0 aliphatic rings. The van der Waals surface area contributed by atoms with Gasteiger partial charge >= 0.3 is 6.09 Å². The van der Waals surface area contributed by atoms with E-state index in [1.165, 1.54) is 0 Å². The minimum absolute atomic E-state index is 0.0554. The molecule has 168 valence electrons. The fourth-order valence-electron chi connectivity index (χ4n) is 3.13. The Morgan fingerprint density at radius 3 is 2.23 bits per heavy atom. The van der Waals surface area contributed by atoms with Crippen LogP contribution in [0.15, 0.2) is 48.5 Å². The standard InChI is InChI=1S/C24H32N2O5/c1-16(19-14-18(29-5)12-13-21(19)30-6)25-22(27)15-20(17-10-8-7-9-11-17)26-23(28)31-24(2,3)4/h7-14,16,20H,15H2,1-6H3,(H,25,27)(H,26,28)/t16-,20+/m0/s1. The van der Waals surface area contributed by atoms with Crippen LogP contribution in [0.2, 0.25) is 0 Å². The molecule has 2 rings (SSSR count). The van der Waals surface area contributed by atoms with Gasteiger partial charge in [0.05, 0.1) is 32.7 Å². The molecular weight excluding hydrogens is 396 g/mol. The van der Waals surface area contributed by atoms with Crippen LogP contribution in [0.1, 0.15) is 57.3 Å². The Hall–Kier alpha value is -3.22. The van der Waals surface area contributed by atoms with Crippen molar-refractivity contribution in [2.75, 3.05) is 14.2 Å². The number of methoxy groups -OCH3 is 2. The first-order chi connectivity index (χ1) is 14.6. The SMILES string of the molecule is COc1ccc(OC)c([C@H](C)NC(=O)C[C@@H](NC(=O)OC(C)(C)C)c2ccccc2)c1. The molecule has 0 radical (unpaired) electrons. The second-order valence-corrected chi connectivity index (χ2v) is 8.21. The van der Waals surface area contributed by atoms with Gasteiger partial charge in [-0.2, -0.15) is 0 Å². The van der Waals surface area contributed by atoms with Crippen molar-refractivity contribution in [1.82, 2.24) is 10.6 Å². The summed E-state index contributed by atoms with van der Waals surface area (Å²) in [5.74, 6) is 1.10. The summed E-state index contributed by atoms with van der Waals surface area (Å²) in [6.07, 6.45) is -0.517. The van der Waals surface area contributed by atoms with Crippen molar-refractivity contribution >= 4 is 12.0 Å². The molecule has 2 N–H and O–H groups in total. The van der Waals surface area contributed by atoms with Gasteiger partial charge in [0, 0.05) is 5.56 Å². The van der Waals surface area contributed by atoms with Gasteiger partial charge in [-0.05, 0) is 51.5 Å². The van der Waals surface area contributed by atoms with Crippen molar-refractivity contribution < 1.29 is 23.8 Å². The number of benzene rings is 2. The molecule has 0 bridgehead atoms. The fourth-order valence-corrected chi connectivity index (χ4v) is 3.13. The Morgan fingerprint density at radius 1 is 0.968 bits per heavy atom. The average molecular weight is 429 g/mol. The van der Waals surface area contributed by atoms with Crippen molar-refractivity contribution in [3.63, 3.8) is 0 Å².